The molecule has 1 heterocycles. The molecule has 0 aliphatic heterocycles. The molecule has 3 aromatic rings. The number of ether oxygens (including phenoxy) is 1. The molecular formula is C15H13N3O. The maximum Gasteiger partial charge on any atom is 0.231 e. The molecule has 4 nitrogen and oxygen atoms in total. The van der Waals surface area contributed by atoms with E-state index in [4.69, 9.17) is 4.74 Å². The van der Waals surface area contributed by atoms with Crippen LogP contribution in [0.3, 0.4) is 0 Å². The highest BCUT2D eigenvalue weighted by Crippen LogP contribution is 2.27. The molecule has 1 N–H and O–H groups in total. The van der Waals surface area contributed by atoms with Crippen LogP contribution in [0.5, 0.6) is 11.6 Å². The van der Waals surface area contributed by atoms with Gasteiger partial charge in [-0.15, -0.1) is 0 Å². The lowest BCUT2D eigenvalue weighted by atomic mass is 10.2. The van der Waals surface area contributed by atoms with Gasteiger partial charge >= 0.3 is 0 Å². The van der Waals surface area contributed by atoms with E-state index in [1.807, 2.05) is 54.6 Å². The molecule has 4 heteroatoms. The Labute approximate surface area is 111 Å². The number of anilines is 1. The van der Waals surface area contributed by atoms with Crippen molar-refractivity contribution in [2.24, 2.45) is 0 Å². The van der Waals surface area contributed by atoms with Crippen molar-refractivity contribution in [1.82, 2.24) is 9.97 Å². The number of benzene rings is 2. The van der Waals surface area contributed by atoms with Crippen molar-refractivity contribution in [2.75, 3.05) is 12.4 Å². The maximum absolute atomic E-state index is 5.84. The second-order valence-corrected chi connectivity index (χ2v) is 4.03. The summed E-state index contributed by atoms with van der Waals surface area (Å²) in [5, 5.41) is 3.84. The van der Waals surface area contributed by atoms with Gasteiger partial charge in [-0.2, -0.15) is 4.98 Å². The maximum atomic E-state index is 5.84. The van der Waals surface area contributed by atoms with Crippen molar-refractivity contribution >= 4 is 16.9 Å². The molecule has 0 saturated heterocycles. The standard InChI is InChI=1S/C15H13N3O/c1-16-15-17-13-10-6-5-9-12(13)14(18-15)19-11-7-3-2-4-8-11/h2-10H,1H3,(H,16,17,18). The van der Waals surface area contributed by atoms with Crippen molar-refractivity contribution in [3.05, 3.63) is 54.6 Å². The number of hydrogen-bond acceptors (Lipinski definition) is 4. The van der Waals surface area contributed by atoms with Crippen LogP contribution in [-0.4, -0.2) is 17.0 Å². The molecule has 94 valence electrons. The van der Waals surface area contributed by atoms with E-state index < -0.39 is 0 Å². The molecule has 0 saturated carbocycles. The normalized spacial score (nSPS) is 10.4. The van der Waals surface area contributed by atoms with Gasteiger partial charge in [0.1, 0.15) is 5.75 Å². The first-order valence-electron chi connectivity index (χ1n) is 6.04. The van der Waals surface area contributed by atoms with Crippen LogP contribution in [0.4, 0.5) is 5.95 Å². The summed E-state index contributed by atoms with van der Waals surface area (Å²) in [5.41, 5.74) is 0.854. The average molecular weight is 251 g/mol. The second kappa shape index (κ2) is 4.94. The van der Waals surface area contributed by atoms with Gasteiger partial charge in [0, 0.05) is 7.05 Å². The number of hydrogen-bond donors (Lipinski definition) is 1. The van der Waals surface area contributed by atoms with E-state index in [0.717, 1.165) is 16.7 Å². The lowest BCUT2D eigenvalue weighted by Crippen LogP contribution is -1.99. The summed E-state index contributed by atoms with van der Waals surface area (Å²) in [6, 6.07) is 17.4. The molecule has 0 aliphatic rings. The third-order valence-corrected chi connectivity index (χ3v) is 2.75. The molecule has 0 atom stereocenters. The minimum Gasteiger partial charge on any atom is -0.438 e. The molecular weight excluding hydrogens is 238 g/mol. The van der Waals surface area contributed by atoms with Gasteiger partial charge in [-0.3, -0.25) is 0 Å². The van der Waals surface area contributed by atoms with E-state index in [0.29, 0.717) is 11.8 Å². The summed E-state index contributed by atoms with van der Waals surface area (Å²) in [6.45, 7) is 0. The van der Waals surface area contributed by atoms with Crippen LogP contribution in [0.1, 0.15) is 0 Å². The van der Waals surface area contributed by atoms with Crippen molar-refractivity contribution in [2.45, 2.75) is 0 Å². The molecule has 0 unspecified atom stereocenters. The Balaban J connectivity index is 2.11. The van der Waals surface area contributed by atoms with Crippen LogP contribution >= 0.6 is 0 Å². The Morgan fingerprint density at radius 3 is 2.42 bits per heavy atom. The van der Waals surface area contributed by atoms with E-state index in [9.17, 15) is 0 Å². The minimum absolute atomic E-state index is 0.546. The summed E-state index contributed by atoms with van der Waals surface area (Å²) >= 11 is 0. The van der Waals surface area contributed by atoms with Gasteiger partial charge in [0.25, 0.3) is 0 Å². The first-order valence-corrected chi connectivity index (χ1v) is 6.04. The van der Waals surface area contributed by atoms with Crippen molar-refractivity contribution in [3.8, 4) is 11.6 Å². The smallest absolute Gasteiger partial charge is 0.231 e. The zero-order valence-corrected chi connectivity index (χ0v) is 10.5. The van der Waals surface area contributed by atoms with Crippen LogP contribution in [0, 0.1) is 0 Å². The first kappa shape index (κ1) is 11.5. The summed E-state index contributed by atoms with van der Waals surface area (Å²) < 4.78 is 5.84. The number of nitrogens with one attached hydrogen (secondary N) is 1. The van der Waals surface area contributed by atoms with E-state index >= 15 is 0 Å². The molecule has 0 radical (unpaired) electrons. The van der Waals surface area contributed by atoms with Crippen LogP contribution < -0.4 is 10.1 Å². The van der Waals surface area contributed by atoms with Crippen molar-refractivity contribution in [3.63, 3.8) is 0 Å². The quantitative estimate of drug-likeness (QED) is 0.774. The Bertz CT molecular complexity index is 698. The molecule has 3 rings (SSSR count). The van der Waals surface area contributed by atoms with Gasteiger partial charge in [-0.25, -0.2) is 4.98 Å². The van der Waals surface area contributed by atoms with Crippen LogP contribution in [-0.2, 0) is 0 Å². The Morgan fingerprint density at radius 2 is 1.63 bits per heavy atom. The van der Waals surface area contributed by atoms with E-state index in [1.54, 1.807) is 7.05 Å². The fourth-order valence-electron chi connectivity index (χ4n) is 1.84. The monoisotopic (exact) mass is 251 g/mol. The van der Waals surface area contributed by atoms with Crippen molar-refractivity contribution in [1.29, 1.82) is 0 Å². The average Bonchev–Trinajstić information content (AvgIpc) is 2.48. The molecule has 19 heavy (non-hydrogen) atoms. The summed E-state index contributed by atoms with van der Waals surface area (Å²) in [6.07, 6.45) is 0. The molecule has 0 aliphatic carbocycles. The van der Waals surface area contributed by atoms with E-state index in [2.05, 4.69) is 15.3 Å². The van der Waals surface area contributed by atoms with Crippen LogP contribution in [0.15, 0.2) is 54.6 Å². The lowest BCUT2D eigenvalue weighted by Gasteiger charge is -2.09. The van der Waals surface area contributed by atoms with Gasteiger partial charge in [-0.1, -0.05) is 30.3 Å². The highest BCUT2D eigenvalue weighted by Gasteiger charge is 2.08. The highest BCUT2D eigenvalue weighted by molar-refractivity contribution is 5.84. The Kier molecular flexibility index (Phi) is 2.98. The first-order chi connectivity index (χ1) is 9.36. The molecule has 0 bridgehead atoms. The Morgan fingerprint density at radius 1 is 0.895 bits per heavy atom. The van der Waals surface area contributed by atoms with Gasteiger partial charge in [0.2, 0.25) is 11.8 Å². The zero-order chi connectivity index (χ0) is 13.1. The fraction of sp³-hybridized carbons (Fsp3) is 0.0667. The molecule has 0 amide bonds. The third kappa shape index (κ3) is 2.33. The van der Waals surface area contributed by atoms with Gasteiger partial charge in [0.05, 0.1) is 10.9 Å². The molecule has 0 fully saturated rings. The SMILES string of the molecule is CNc1nc(Oc2ccccc2)c2ccccc2n1. The molecule has 1 aromatic heterocycles. The largest absolute Gasteiger partial charge is 0.438 e. The highest BCUT2D eigenvalue weighted by atomic mass is 16.5. The number of rotatable bonds is 3. The predicted octanol–water partition coefficient (Wildman–Crippen LogP) is 3.46. The van der Waals surface area contributed by atoms with Crippen LogP contribution in [0.25, 0.3) is 10.9 Å². The number of fused-ring (bicyclic) bond motifs is 1. The lowest BCUT2D eigenvalue weighted by molar-refractivity contribution is 0.469. The number of aromatic nitrogens is 2. The summed E-state index contributed by atoms with van der Waals surface area (Å²) in [5.74, 6) is 1.86. The van der Waals surface area contributed by atoms with E-state index in [1.165, 1.54) is 0 Å². The number of para-hydroxylation sites is 2. The van der Waals surface area contributed by atoms with Gasteiger partial charge in [0.15, 0.2) is 0 Å². The third-order valence-electron chi connectivity index (χ3n) is 2.75. The summed E-state index contributed by atoms with van der Waals surface area (Å²) in [7, 11) is 1.79. The van der Waals surface area contributed by atoms with Gasteiger partial charge < -0.3 is 10.1 Å². The van der Waals surface area contributed by atoms with Gasteiger partial charge in [-0.05, 0) is 24.3 Å². The zero-order valence-electron chi connectivity index (χ0n) is 10.5. The van der Waals surface area contributed by atoms with E-state index in [-0.39, 0.29) is 0 Å². The Hall–Kier alpha value is -2.62. The predicted molar refractivity (Wildman–Crippen MR) is 75.6 cm³/mol. The van der Waals surface area contributed by atoms with Crippen molar-refractivity contribution < 1.29 is 4.74 Å². The summed E-state index contributed by atoms with van der Waals surface area (Å²) in [4.78, 5) is 8.76. The molecule has 0 spiro atoms. The molecule has 2 aromatic carbocycles. The van der Waals surface area contributed by atoms with Crippen LogP contribution in [0.2, 0.25) is 0 Å². The minimum atomic E-state index is 0.546. The topological polar surface area (TPSA) is 47.0 Å². The second-order valence-electron chi connectivity index (χ2n) is 4.03. The number of nitrogens with zero attached hydrogens (tertiary/aromatic N) is 2. The fourth-order valence-corrected chi connectivity index (χ4v) is 1.84.